The first-order chi connectivity index (χ1) is 14.0. The Hall–Kier alpha value is 0.0669. The van der Waals surface area contributed by atoms with Crippen LogP contribution in [0.4, 0.5) is 0 Å². The van der Waals surface area contributed by atoms with Crippen LogP contribution in [-0.4, -0.2) is 11.8 Å². The Kier molecular flexibility index (Phi) is 7.44. The van der Waals surface area contributed by atoms with Crippen LogP contribution >= 0.6 is 33.2 Å². The van der Waals surface area contributed by atoms with Crippen LogP contribution in [0, 0.1) is 11.8 Å². The first-order valence-electron chi connectivity index (χ1n) is 11.5. The molecule has 2 aliphatic carbocycles. The SMILES string of the molecule is Cl[Si](Cl)(Cl)CCCc1ccc2c(c1)COC(C1CCCCC1)(C1CCCCC1)O2. The van der Waals surface area contributed by atoms with E-state index in [0.29, 0.717) is 24.5 Å². The summed E-state index contributed by atoms with van der Waals surface area (Å²) in [5, 5.41) is 0. The molecule has 29 heavy (non-hydrogen) atoms. The largest absolute Gasteiger partial charge is 0.461 e. The molecule has 1 aliphatic heterocycles. The maximum Gasteiger partial charge on any atom is 0.341 e. The van der Waals surface area contributed by atoms with Gasteiger partial charge in [-0.05, 0) is 62.3 Å². The average molecular weight is 476 g/mol. The number of fused-ring (bicyclic) bond motifs is 1. The zero-order chi connectivity index (χ0) is 20.3. The van der Waals surface area contributed by atoms with Crippen LogP contribution in [0.3, 0.4) is 0 Å². The van der Waals surface area contributed by atoms with E-state index in [1.807, 2.05) is 0 Å². The van der Waals surface area contributed by atoms with Gasteiger partial charge in [-0.25, -0.2) is 0 Å². The second-order valence-corrected chi connectivity index (χ2v) is 18.5. The number of halogens is 3. The molecule has 0 atom stereocenters. The van der Waals surface area contributed by atoms with Crippen LogP contribution in [0.25, 0.3) is 0 Å². The third kappa shape index (κ3) is 5.47. The number of benzene rings is 1. The van der Waals surface area contributed by atoms with Gasteiger partial charge in [0.15, 0.2) is 0 Å². The third-order valence-corrected chi connectivity index (χ3v) is 9.74. The maximum atomic E-state index is 6.83. The van der Waals surface area contributed by atoms with E-state index >= 15 is 0 Å². The van der Waals surface area contributed by atoms with Crippen molar-refractivity contribution in [2.24, 2.45) is 11.8 Å². The van der Waals surface area contributed by atoms with E-state index in [4.69, 9.17) is 42.7 Å². The molecule has 0 amide bonds. The quantitative estimate of drug-likeness (QED) is 0.306. The molecule has 2 saturated carbocycles. The van der Waals surface area contributed by atoms with Gasteiger partial charge in [0.25, 0.3) is 0 Å². The summed E-state index contributed by atoms with van der Waals surface area (Å²) >= 11 is 18.1. The second kappa shape index (κ2) is 9.69. The third-order valence-electron chi connectivity index (χ3n) is 7.12. The predicted octanol–water partition coefficient (Wildman–Crippen LogP) is 8.04. The second-order valence-electron chi connectivity index (χ2n) is 9.19. The van der Waals surface area contributed by atoms with Crippen molar-refractivity contribution in [1.82, 2.24) is 0 Å². The van der Waals surface area contributed by atoms with Crippen LogP contribution in [0.5, 0.6) is 5.75 Å². The topological polar surface area (TPSA) is 18.5 Å². The lowest BCUT2D eigenvalue weighted by Crippen LogP contribution is -2.55. The molecule has 2 fully saturated rings. The van der Waals surface area contributed by atoms with Crippen molar-refractivity contribution in [2.45, 2.75) is 95.5 Å². The Labute approximate surface area is 190 Å². The van der Waals surface area contributed by atoms with Crippen molar-refractivity contribution >= 4 is 39.2 Å². The molecular formula is C23H33Cl3O2Si. The fourth-order valence-electron chi connectivity index (χ4n) is 5.63. The summed E-state index contributed by atoms with van der Waals surface area (Å²) in [7, 11) is 0. The summed E-state index contributed by atoms with van der Waals surface area (Å²) in [5.41, 5.74) is 2.46. The Morgan fingerprint density at radius 3 is 2.10 bits per heavy atom. The maximum absolute atomic E-state index is 6.83. The molecular weight excluding hydrogens is 443 g/mol. The van der Waals surface area contributed by atoms with E-state index < -0.39 is 11.8 Å². The van der Waals surface area contributed by atoms with Crippen molar-refractivity contribution in [3.05, 3.63) is 29.3 Å². The molecule has 0 bridgehead atoms. The van der Waals surface area contributed by atoms with Crippen LogP contribution in [0.1, 0.15) is 81.8 Å². The van der Waals surface area contributed by atoms with Gasteiger partial charge in [-0.1, -0.05) is 44.6 Å². The van der Waals surface area contributed by atoms with E-state index in [1.165, 1.54) is 75.3 Å². The summed E-state index contributed by atoms with van der Waals surface area (Å²) in [6, 6.07) is 4.77. The summed E-state index contributed by atoms with van der Waals surface area (Å²) in [4.78, 5) is 0. The summed E-state index contributed by atoms with van der Waals surface area (Å²) in [5.74, 6) is 1.69. The van der Waals surface area contributed by atoms with Gasteiger partial charge in [0, 0.05) is 17.4 Å². The highest BCUT2D eigenvalue weighted by Gasteiger charge is 2.51. The Morgan fingerprint density at radius 2 is 1.52 bits per heavy atom. The molecule has 0 N–H and O–H groups in total. The van der Waals surface area contributed by atoms with Crippen molar-refractivity contribution in [2.75, 3.05) is 0 Å². The molecule has 0 spiro atoms. The molecule has 1 aromatic carbocycles. The Balaban J connectivity index is 1.51. The van der Waals surface area contributed by atoms with Gasteiger partial charge in [-0.15, -0.1) is 33.2 Å². The van der Waals surface area contributed by atoms with Gasteiger partial charge in [0.2, 0.25) is 5.79 Å². The molecule has 1 heterocycles. The lowest BCUT2D eigenvalue weighted by atomic mass is 9.72. The van der Waals surface area contributed by atoms with Gasteiger partial charge >= 0.3 is 6.00 Å². The zero-order valence-electron chi connectivity index (χ0n) is 17.2. The molecule has 0 radical (unpaired) electrons. The number of rotatable bonds is 6. The van der Waals surface area contributed by atoms with Crippen LogP contribution in [-0.2, 0) is 17.8 Å². The van der Waals surface area contributed by atoms with Crippen molar-refractivity contribution in [1.29, 1.82) is 0 Å². The van der Waals surface area contributed by atoms with Crippen molar-refractivity contribution < 1.29 is 9.47 Å². The minimum absolute atomic E-state index is 0.406. The summed E-state index contributed by atoms with van der Waals surface area (Å²) in [6.45, 7) is 0.662. The lowest BCUT2D eigenvalue weighted by Gasteiger charge is -2.50. The predicted molar refractivity (Wildman–Crippen MR) is 124 cm³/mol. The fraction of sp³-hybridized carbons (Fsp3) is 0.739. The highest BCUT2D eigenvalue weighted by atomic mass is 35.8. The van der Waals surface area contributed by atoms with E-state index in [0.717, 1.165) is 18.6 Å². The highest BCUT2D eigenvalue weighted by molar-refractivity contribution is 7.64. The number of hydrogen-bond acceptors (Lipinski definition) is 2. The van der Waals surface area contributed by atoms with Gasteiger partial charge in [-0.3, -0.25) is 0 Å². The van der Waals surface area contributed by atoms with E-state index in [2.05, 4.69) is 18.2 Å². The normalized spacial score (nSPS) is 23.4. The summed E-state index contributed by atoms with van der Waals surface area (Å²) in [6.07, 6.45) is 14.8. The molecule has 0 saturated heterocycles. The van der Waals surface area contributed by atoms with Gasteiger partial charge in [-0.2, -0.15) is 0 Å². The van der Waals surface area contributed by atoms with E-state index in [1.54, 1.807) is 0 Å². The number of ether oxygens (including phenoxy) is 2. The first-order valence-corrected chi connectivity index (χ1v) is 16.7. The minimum Gasteiger partial charge on any atom is -0.461 e. The molecule has 4 rings (SSSR count). The Morgan fingerprint density at radius 1 is 0.897 bits per heavy atom. The van der Waals surface area contributed by atoms with Crippen molar-refractivity contribution in [3.63, 3.8) is 0 Å². The van der Waals surface area contributed by atoms with E-state index in [-0.39, 0.29) is 0 Å². The van der Waals surface area contributed by atoms with Gasteiger partial charge in [0.1, 0.15) is 5.75 Å². The standard InChI is InChI=1S/C23H33Cl3O2Si/c24-29(25,26)15-7-8-18-13-14-22-19(16-18)17-27-23(28-22,20-9-3-1-4-10-20)21-11-5-2-6-12-21/h13-14,16,20-21H,1-12,15,17H2. The highest BCUT2D eigenvalue weighted by Crippen LogP contribution is 2.49. The first kappa shape index (κ1) is 22.3. The number of aryl methyl sites for hydroxylation is 1. The van der Waals surface area contributed by atoms with Gasteiger partial charge < -0.3 is 9.47 Å². The molecule has 6 heteroatoms. The molecule has 2 nitrogen and oxygen atoms in total. The molecule has 1 aromatic rings. The van der Waals surface area contributed by atoms with Crippen LogP contribution < -0.4 is 4.74 Å². The number of hydrogen-bond donors (Lipinski definition) is 0. The monoisotopic (exact) mass is 474 g/mol. The Bertz CT molecular complexity index is 661. The molecule has 0 aromatic heterocycles. The smallest absolute Gasteiger partial charge is 0.341 e. The van der Waals surface area contributed by atoms with Crippen LogP contribution in [0.15, 0.2) is 18.2 Å². The fourth-order valence-corrected chi connectivity index (χ4v) is 7.41. The van der Waals surface area contributed by atoms with Gasteiger partial charge in [0.05, 0.1) is 6.61 Å². The van der Waals surface area contributed by atoms with E-state index in [9.17, 15) is 0 Å². The van der Waals surface area contributed by atoms with Crippen LogP contribution in [0.2, 0.25) is 6.04 Å². The molecule has 0 unspecified atom stereocenters. The lowest BCUT2D eigenvalue weighted by molar-refractivity contribution is -0.278. The zero-order valence-corrected chi connectivity index (χ0v) is 20.5. The molecule has 3 aliphatic rings. The van der Waals surface area contributed by atoms with Crippen molar-refractivity contribution in [3.8, 4) is 5.75 Å². The summed E-state index contributed by atoms with van der Waals surface area (Å²) < 4.78 is 13.5. The minimum atomic E-state index is -2.53. The average Bonchev–Trinajstić information content (AvgIpc) is 2.74. The molecule has 162 valence electrons.